The molecule has 0 aliphatic heterocycles. The molecule has 18 aromatic carbocycles. The monoisotopic (exact) mass is 1170 g/mol. The van der Waals surface area contributed by atoms with E-state index in [4.69, 9.17) is 0 Å². The quantitative estimate of drug-likeness (QED) is 0.133. The first kappa shape index (κ1) is 57.3. The lowest BCUT2D eigenvalue weighted by Crippen LogP contribution is -2.15. The molecule has 440 valence electrons. The van der Waals surface area contributed by atoms with Gasteiger partial charge in [0.25, 0.3) is 0 Å². The molecule has 19 rings (SSSR count). The SMILES string of the molecule is Cc1cc2c3ccccc3c(C)cc2c2ccccc12.Cc1cc2ccc3cc(C)cc4ccc(c1)c2c34.Cc1cc2cccc3c(C)cc4cccc1c4c23.Cc1ccc2c(c1)C(C)(C)c1cc(C)ccc1-2.Cc1ccc2ccc3c(C)ccc4ccc1c2c43. The topological polar surface area (TPSA) is 0 Å². The normalized spacial score (nSPS) is 12.5. The van der Waals surface area contributed by atoms with Gasteiger partial charge in [-0.3, -0.25) is 0 Å². The summed E-state index contributed by atoms with van der Waals surface area (Å²) in [6.45, 7) is 26.5. The molecule has 0 atom stereocenters. The third-order valence-corrected chi connectivity index (χ3v) is 20.2. The number of aryl methyl sites for hydroxylation is 10. The van der Waals surface area contributed by atoms with Crippen LogP contribution in [0.2, 0.25) is 0 Å². The first-order valence-electron chi connectivity index (χ1n) is 32.5. The maximum Gasteiger partial charge on any atom is 0.0159 e. The molecule has 0 amide bonds. The zero-order valence-electron chi connectivity index (χ0n) is 54.6. The molecular formula is C91H76. The first-order valence-corrected chi connectivity index (χ1v) is 32.5. The highest BCUT2D eigenvalue weighted by Gasteiger charge is 2.35. The van der Waals surface area contributed by atoms with E-state index in [0.29, 0.717) is 0 Å². The molecule has 1 aliphatic carbocycles. The van der Waals surface area contributed by atoms with Crippen LogP contribution in [0, 0.1) is 69.2 Å². The summed E-state index contributed by atoms with van der Waals surface area (Å²) in [4.78, 5) is 0. The Bertz CT molecular complexity index is 5470. The Morgan fingerprint density at radius 2 is 0.495 bits per heavy atom. The summed E-state index contributed by atoms with van der Waals surface area (Å²) < 4.78 is 0. The molecule has 0 bridgehead atoms. The van der Waals surface area contributed by atoms with Crippen LogP contribution in [-0.2, 0) is 5.41 Å². The van der Waals surface area contributed by atoms with Crippen molar-refractivity contribution in [1.82, 2.24) is 0 Å². The Morgan fingerprint density at radius 3 is 0.890 bits per heavy atom. The molecule has 0 heteroatoms. The molecule has 0 heterocycles. The Morgan fingerprint density at radius 1 is 0.187 bits per heavy atom. The van der Waals surface area contributed by atoms with Crippen molar-refractivity contribution in [2.75, 3.05) is 0 Å². The van der Waals surface area contributed by atoms with Gasteiger partial charge in [-0.05, 0) is 265 Å². The summed E-state index contributed by atoms with van der Waals surface area (Å²) in [5.41, 5.74) is 19.4. The van der Waals surface area contributed by atoms with Crippen LogP contribution in [-0.4, -0.2) is 0 Å². The van der Waals surface area contributed by atoms with Gasteiger partial charge in [0.05, 0.1) is 0 Å². The van der Waals surface area contributed by atoms with Crippen LogP contribution in [0.15, 0.2) is 243 Å². The summed E-state index contributed by atoms with van der Waals surface area (Å²) in [5, 5.41) is 33.0. The van der Waals surface area contributed by atoms with Crippen molar-refractivity contribution >= 4 is 129 Å². The summed E-state index contributed by atoms with van der Waals surface area (Å²) in [7, 11) is 0. The van der Waals surface area contributed by atoms with E-state index < -0.39 is 0 Å². The summed E-state index contributed by atoms with van der Waals surface area (Å²) in [5.74, 6) is 0. The molecule has 0 N–H and O–H groups in total. The van der Waals surface area contributed by atoms with Gasteiger partial charge in [0, 0.05) is 5.41 Å². The van der Waals surface area contributed by atoms with Gasteiger partial charge in [-0.15, -0.1) is 0 Å². The van der Waals surface area contributed by atoms with Crippen LogP contribution in [0.4, 0.5) is 0 Å². The fraction of sp³-hybridized carbons (Fsp3) is 0.143. The second-order valence-corrected chi connectivity index (χ2v) is 27.0. The largest absolute Gasteiger partial charge is 0.0616 e. The molecule has 0 aromatic heterocycles. The molecule has 0 fully saturated rings. The summed E-state index contributed by atoms with van der Waals surface area (Å²) in [6.07, 6.45) is 0. The Balaban J connectivity index is 0.0000000947. The number of benzene rings is 18. The summed E-state index contributed by atoms with van der Waals surface area (Å²) in [6, 6.07) is 89.6. The minimum absolute atomic E-state index is 0.142. The van der Waals surface area contributed by atoms with E-state index in [-0.39, 0.29) is 5.41 Å². The van der Waals surface area contributed by atoms with E-state index in [9.17, 15) is 0 Å². The van der Waals surface area contributed by atoms with Gasteiger partial charge >= 0.3 is 0 Å². The Kier molecular flexibility index (Phi) is 13.9. The highest BCUT2D eigenvalue weighted by Crippen LogP contribution is 2.49. The highest BCUT2D eigenvalue weighted by atomic mass is 14.4. The van der Waals surface area contributed by atoms with Gasteiger partial charge in [0.2, 0.25) is 0 Å². The minimum Gasteiger partial charge on any atom is -0.0616 e. The lowest BCUT2D eigenvalue weighted by molar-refractivity contribution is 0.659. The first-order chi connectivity index (χ1) is 44.0. The van der Waals surface area contributed by atoms with Gasteiger partial charge in [0.15, 0.2) is 0 Å². The minimum atomic E-state index is 0.142. The maximum atomic E-state index is 2.34. The van der Waals surface area contributed by atoms with E-state index in [1.807, 2.05) is 0 Å². The van der Waals surface area contributed by atoms with Crippen molar-refractivity contribution in [3.05, 3.63) is 309 Å². The summed E-state index contributed by atoms with van der Waals surface area (Å²) >= 11 is 0. The number of hydrogen-bond acceptors (Lipinski definition) is 0. The second kappa shape index (κ2) is 22.1. The van der Waals surface area contributed by atoms with E-state index in [1.165, 1.54) is 207 Å². The molecule has 1 aliphatic rings. The smallest absolute Gasteiger partial charge is 0.0159 e. The molecule has 0 saturated heterocycles. The van der Waals surface area contributed by atoms with Crippen LogP contribution in [0.25, 0.3) is 140 Å². The Labute approximate surface area is 535 Å². The van der Waals surface area contributed by atoms with Crippen molar-refractivity contribution in [2.45, 2.75) is 88.5 Å². The Hall–Kier alpha value is -10.1. The predicted molar refractivity (Wildman–Crippen MR) is 401 cm³/mol. The molecule has 18 aromatic rings. The lowest BCUT2D eigenvalue weighted by Gasteiger charge is -2.22. The van der Waals surface area contributed by atoms with Crippen LogP contribution < -0.4 is 0 Å². The van der Waals surface area contributed by atoms with Crippen molar-refractivity contribution in [3.8, 4) is 11.1 Å². The maximum absolute atomic E-state index is 2.34. The zero-order valence-corrected chi connectivity index (χ0v) is 54.6. The van der Waals surface area contributed by atoms with Crippen molar-refractivity contribution in [2.24, 2.45) is 0 Å². The molecule has 0 unspecified atom stereocenters. The average Bonchev–Trinajstić information content (AvgIpc) is 1.63. The molecular weight excluding hydrogens is 1090 g/mol. The van der Waals surface area contributed by atoms with E-state index in [0.717, 1.165) is 0 Å². The van der Waals surface area contributed by atoms with Crippen LogP contribution in [0.5, 0.6) is 0 Å². The van der Waals surface area contributed by atoms with Crippen molar-refractivity contribution in [1.29, 1.82) is 0 Å². The van der Waals surface area contributed by atoms with Crippen molar-refractivity contribution < 1.29 is 0 Å². The van der Waals surface area contributed by atoms with Gasteiger partial charge in [0.1, 0.15) is 0 Å². The fourth-order valence-corrected chi connectivity index (χ4v) is 15.7. The molecule has 0 nitrogen and oxygen atoms in total. The standard InChI is InChI=1S/C20H16.3C18H14.C17H18/c1-13-11-19-18-10-6-4-8-16(18)14(2)12-20(19)17-9-5-3-7-15(13)17;1-11-9-13-5-4-8-16-12(2)10-14-6-3-7-15(11)17(14)18(13)16;1-11-7-13-3-5-15-9-12(2)10-16-6-4-14(8-11)17(13)18(15)16;1-11-3-5-13-8-10-16-12(2)4-6-14-7-9-15(11)17(13)18(14)16;1-11-5-7-13-14-8-6-12(2)10-16(14)17(3,4)15(13)9-11/h3-12H,1-2H3;3*3-10H,1-2H3;5-10H,1-4H3. The number of rotatable bonds is 0. The lowest BCUT2D eigenvalue weighted by atomic mass is 9.81. The van der Waals surface area contributed by atoms with Gasteiger partial charge in [-0.25, -0.2) is 0 Å². The van der Waals surface area contributed by atoms with Crippen LogP contribution in [0.1, 0.15) is 80.6 Å². The number of hydrogen-bond donors (Lipinski definition) is 0. The van der Waals surface area contributed by atoms with E-state index in [2.05, 4.69) is 326 Å². The molecule has 0 radical (unpaired) electrons. The average molecular weight is 1170 g/mol. The van der Waals surface area contributed by atoms with Gasteiger partial charge in [-0.2, -0.15) is 0 Å². The van der Waals surface area contributed by atoms with E-state index in [1.54, 1.807) is 0 Å². The molecule has 91 heavy (non-hydrogen) atoms. The number of fused-ring (bicyclic) bond motifs is 8. The third-order valence-electron chi connectivity index (χ3n) is 20.2. The highest BCUT2D eigenvalue weighted by molar-refractivity contribution is 6.27. The van der Waals surface area contributed by atoms with Crippen molar-refractivity contribution in [3.63, 3.8) is 0 Å². The third kappa shape index (κ3) is 9.66. The van der Waals surface area contributed by atoms with E-state index >= 15 is 0 Å². The fourth-order valence-electron chi connectivity index (χ4n) is 15.7. The molecule has 0 saturated carbocycles. The zero-order chi connectivity index (χ0) is 62.7. The second-order valence-electron chi connectivity index (χ2n) is 27.0. The van der Waals surface area contributed by atoms with Crippen LogP contribution >= 0.6 is 0 Å². The van der Waals surface area contributed by atoms with Gasteiger partial charge in [-0.1, -0.05) is 268 Å². The molecule has 0 spiro atoms. The predicted octanol–water partition coefficient (Wildman–Crippen LogP) is 26.0. The van der Waals surface area contributed by atoms with Crippen LogP contribution in [0.3, 0.4) is 0 Å². The van der Waals surface area contributed by atoms with Gasteiger partial charge < -0.3 is 0 Å².